The highest BCUT2D eigenvalue weighted by Gasteiger charge is 2.04. The predicted molar refractivity (Wildman–Crippen MR) is 106 cm³/mol. The van der Waals surface area contributed by atoms with Crippen molar-refractivity contribution < 1.29 is 18.7 Å². The zero-order chi connectivity index (χ0) is 19.6. The number of nitrogens with one attached hydrogen (secondary N) is 1. The van der Waals surface area contributed by atoms with Crippen LogP contribution in [0.15, 0.2) is 78.9 Å². The Morgan fingerprint density at radius 2 is 1.50 bits per heavy atom. The van der Waals surface area contributed by atoms with E-state index in [0.717, 1.165) is 16.9 Å². The molecule has 0 aliphatic rings. The van der Waals surface area contributed by atoms with Crippen LogP contribution in [0.5, 0.6) is 11.5 Å². The second-order valence-corrected chi connectivity index (χ2v) is 6.26. The fourth-order valence-corrected chi connectivity index (χ4v) is 2.61. The molecule has 0 heterocycles. The first-order chi connectivity index (χ1) is 13.7. The largest absolute Gasteiger partial charge is 0.489 e. The Balaban J connectivity index is 1.36. The maximum absolute atomic E-state index is 13.1. The third-order valence-electron chi connectivity index (χ3n) is 4.07. The highest BCUT2D eigenvalue weighted by Crippen LogP contribution is 2.18. The first-order valence-corrected chi connectivity index (χ1v) is 9.10. The second-order valence-electron chi connectivity index (χ2n) is 6.26. The quantitative estimate of drug-likeness (QED) is 0.608. The van der Waals surface area contributed by atoms with E-state index < -0.39 is 0 Å². The lowest BCUT2D eigenvalue weighted by Crippen LogP contribution is -2.30. The molecule has 3 aromatic carbocycles. The molecule has 0 saturated heterocycles. The van der Waals surface area contributed by atoms with E-state index in [1.807, 2.05) is 36.4 Å². The lowest BCUT2D eigenvalue weighted by molar-refractivity contribution is -0.123. The van der Waals surface area contributed by atoms with Crippen LogP contribution in [0.3, 0.4) is 0 Å². The van der Waals surface area contributed by atoms with Crippen LogP contribution in [-0.2, 0) is 17.8 Å². The Kier molecular flexibility index (Phi) is 7.01. The fourth-order valence-electron chi connectivity index (χ4n) is 2.61. The molecule has 0 aliphatic carbocycles. The van der Waals surface area contributed by atoms with Crippen LogP contribution in [0.1, 0.15) is 11.1 Å². The molecule has 0 fully saturated rings. The average molecular weight is 379 g/mol. The van der Waals surface area contributed by atoms with Crippen molar-refractivity contribution in [3.63, 3.8) is 0 Å². The molecule has 0 spiro atoms. The van der Waals surface area contributed by atoms with E-state index >= 15 is 0 Å². The molecular weight excluding hydrogens is 357 g/mol. The number of hydrogen-bond donors (Lipinski definition) is 1. The SMILES string of the molecule is O=C(COc1ccc(OCc2ccccc2)cc1)NCCc1cccc(F)c1. The Labute approximate surface area is 163 Å². The summed E-state index contributed by atoms with van der Waals surface area (Å²) in [6.45, 7) is 0.847. The van der Waals surface area contributed by atoms with E-state index in [2.05, 4.69) is 5.32 Å². The van der Waals surface area contributed by atoms with Crippen LogP contribution in [0.4, 0.5) is 4.39 Å². The zero-order valence-corrected chi connectivity index (χ0v) is 15.4. The molecule has 0 radical (unpaired) electrons. The molecule has 0 aliphatic heterocycles. The van der Waals surface area contributed by atoms with E-state index in [1.165, 1.54) is 12.1 Å². The molecule has 1 amide bonds. The number of ether oxygens (including phenoxy) is 2. The normalized spacial score (nSPS) is 10.3. The summed E-state index contributed by atoms with van der Waals surface area (Å²) in [5.41, 5.74) is 1.94. The van der Waals surface area contributed by atoms with Crippen LogP contribution in [0, 0.1) is 5.82 Å². The predicted octanol–water partition coefficient (Wildman–Crippen LogP) is 4.14. The Bertz CT molecular complexity index is 882. The average Bonchev–Trinajstić information content (AvgIpc) is 2.72. The van der Waals surface area contributed by atoms with Crippen molar-refractivity contribution in [2.75, 3.05) is 13.2 Å². The maximum Gasteiger partial charge on any atom is 0.257 e. The lowest BCUT2D eigenvalue weighted by atomic mass is 10.1. The van der Waals surface area contributed by atoms with Crippen molar-refractivity contribution >= 4 is 5.91 Å². The van der Waals surface area contributed by atoms with E-state index in [0.29, 0.717) is 25.3 Å². The van der Waals surface area contributed by atoms with Gasteiger partial charge in [0.25, 0.3) is 5.91 Å². The smallest absolute Gasteiger partial charge is 0.257 e. The van der Waals surface area contributed by atoms with Gasteiger partial charge in [-0.1, -0.05) is 42.5 Å². The van der Waals surface area contributed by atoms with E-state index in [1.54, 1.807) is 30.3 Å². The number of rotatable bonds is 9. The van der Waals surface area contributed by atoms with Crippen molar-refractivity contribution in [2.45, 2.75) is 13.0 Å². The summed E-state index contributed by atoms with van der Waals surface area (Å²) in [6, 6.07) is 23.4. The Morgan fingerprint density at radius 3 is 2.21 bits per heavy atom. The summed E-state index contributed by atoms with van der Waals surface area (Å²) >= 11 is 0. The summed E-state index contributed by atoms with van der Waals surface area (Å²) in [5, 5.41) is 2.76. The number of benzene rings is 3. The van der Waals surface area contributed by atoms with Gasteiger partial charge < -0.3 is 14.8 Å². The Hall–Kier alpha value is -3.34. The zero-order valence-electron chi connectivity index (χ0n) is 15.4. The van der Waals surface area contributed by atoms with Gasteiger partial charge in [0.2, 0.25) is 0 Å². The number of carbonyl (C=O) groups excluding carboxylic acids is 1. The van der Waals surface area contributed by atoms with E-state index in [4.69, 9.17) is 9.47 Å². The monoisotopic (exact) mass is 379 g/mol. The standard InChI is InChI=1S/C23H22FNO3/c24-20-8-4-7-18(15-20)13-14-25-23(26)17-28-22-11-9-21(10-12-22)27-16-19-5-2-1-3-6-19/h1-12,15H,13-14,16-17H2,(H,25,26). The molecule has 144 valence electrons. The number of hydrogen-bond acceptors (Lipinski definition) is 3. The van der Waals surface area contributed by atoms with Gasteiger partial charge in [0.15, 0.2) is 6.61 Å². The molecule has 0 aromatic heterocycles. The van der Waals surface area contributed by atoms with Crippen LogP contribution < -0.4 is 14.8 Å². The molecule has 3 aromatic rings. The summed E-state index contributed by atoms with van der Waals surface area (Å²) in [5.74, 6) is 0.826. The second kappa shape index (κ2) is 10.1. The third-order valence-corrected chi connectivity index (χ3v) is 4.07. The topological polar surface area (TPSA) is 47.6 Å². The summed E-state index contributed by atoms with van der Waals surface area (Å²) in [4.78, 5) is 11.9. The van der Waals surface area contributed by atoms with Gasteiger partial charge in [-0.2, -0.15) is 0 Å². The number of amides is 1. The lowest BCUT2D eigenvalue weighted by Gasteiger charge is -2.09. The van der Waals surface area contributed by atoms with Crippen molar-refractivity contribution in [3.05, 3.63) is 95.8 Å². The summed E-state index contributed by atoms with van der Waals surface area (Å²) in [6.07, 6.45) is 0.566. The van der Waals surface area contributed by atoms with Gasteiger partial charge in [-0.05, 0) is 53.9 Å². The minimum absolute atomic E-state index is 0.0760. The van der Waals surface area contributed by atoms with Crippen molar-refractivity contribution in [1.29, 1.82) is 0 Å². The molecule has 0 saturated carbocycles. The molecule has 3 rings (SSSR count). The van der Waals surface area contributed by atoms with Crippen LogP contribution in [-0.4, -0.2) is 19.1 Å². The Morgan fingerprint density at radius 1 is 0.821 bits per heavy atom. The first kappa shape index (κ1) is 19.4. The van der Waals surface area contributed by atoms with Crippen molar-refractivity contribution in [3.8, 4) is 11.5 Å². The summed E-state index contributed by atoms with van der Waals surface area (Å²) < 4.78 is 24.3. The van der Waals surface area contributed by atoms with E-state index in [9.17, 15) is 9.18 Å². The van der Waals surface area contributed by atoms with Gasteiger partial charge in [-0.25, -0.2) is 4.39 Å². The highest BCUT2D eigenvalue weighted by molar-refractivity contribution is 5.77. The molecular formula is C23H22FNO3. The van der Waals surface area contributed by atoms with Crippen molar-refractivity contribution in [1.82, 2.24) is 5.32 Å². The minimum Gasteiger partial charge on any atom is -0.489 e. The van der Waals surface area contributed by atoms with Gasteiger partial charge >= 0.3 is 0 Å². The first-order valence-electron chi connectivity index (χ1n) is 9.10. The fraction of sp³-hybridized carbons (Fsp3) is 0.174. The maximum atomic E-state index is 13.1. The highest BCUT2D eigenvalue weighted by atomic mass is 19.1. The third kappa shape index (κ3) is 6.43. The van der Waals surface area contributed by atoms with Gasteiger partial charge in [0, 0.05) is 6.54 Å². The summed E-state index contributed by atoms with van der Waals surface area (Å²) in [7, 11) is 0. The molecule has 0 atom stereocenters. The van der Waals surface area contributed by atoms with E-state index in [-0.39, 0.29) is 18.3 Å². The number of carbonyl (C=O) groups is 1. The van der Waals surface area contributed by atoms with Crippen molar-refractivity contribution in [2.24, 2.45) is 0 Å². The van der Waals surface area contributed by atoms with Gasteiger partial charge in [0.1, 0.15) is 23.9 Å². The minimum atomic E-state index is -0.275. The van der Waals surface area contributed by atoms with Gasteiger partial charge in [0.05, 0.1) is 0 Å². The molecule has 0 unspecified atom stereocenters. The number of halogens is 1. The van der Waals surface area contributed by atoms with Crippen LogP contribution in [0.25, 0.3) is 0 Å². The van der Waals surface area contributed by atoms with Crippen LogP contribution >= 0.6 is 0 Å². The molecule has 1 N–H and O–H groups in total. The van der Waals surface area contributed by atoms with Gasteiger partial charge in [-0.3, -0.25) is 4.79 Å². The molecule has 4 nitrogen and oxygen atoms in total. The van der Waals surface area contributed by atoms with Crippen LogP contribution in [0.2, 0.25) is 0 Å². The molecule has 0 bridgehead atoms. The van der Waals surface area contributed by atoms with Gasteiger partial charge in [-0.15, -0.1) is 0 Å². The molecule has 28 heavy (non-hydrogen) atoms. The molecule has 5 heteroatoms.